The van der Waals surface area contributed by atoms with Crippen LogP contribution in [0.3, 0.4) is 0 Å². The number of carbonyl (C=O) groups is 1. The SMILES string of the molecule is O=C(Cn1nc2ncccn2c1=O)N1CCN(c2ccccc2)CC1. The van der Waals surface area contributed by atoms with E-state index in [-0.39, 0.29) is 18.1 Å². The third-order valence-corrected chi connectivity index (χ3v) is 4.40. The third-order valence-electron chi connectivity index (χ3n) is 4.40. The molecule has 1 aromatic carbocycles. The van der Waals surface area contributed by atoms with Gasteiger partial charge in [-0.05, 0) is 18.2 Å². The summed E-state index contributed by atoms with van der Waals surface area (Å²) in [5.41, 5.74) is 0.816. The Kier molecular flexibility index (Phi) is 3.93. The zero-order valence-electron chi connectivity index (χ0n) is 13.7. The summed E-state index contributed by atoms with van der Waals surface area (Å²) in [6, 6.07) is 11.8. The molecule has 0 unspecified atom stereocenters. The molecule has 1 aliphatic heterocycles. The van der Waals surface area contributed by atoms with E-state index in [0.717, 1.165) is 18.8 Å². The molecule has 2 aromatic heterocycles. The molecule has 3 aromatic rings. The molecule has 1 fully saturated rings. The number of hydrogen-bond acceptors (Lipinski definition) is 5. The van der Waals surface area contributed by atoms with Gasteiger partial charge in [0.05, 0.1) is 0 Å². The van der Waals surface area contributed by atoms with E-state index < -0.39 is 0 Å². The fraction of sp³-hybridized carbons (Fsp3) is 0.294. The molecular formula is C17H18N6O2. The Morgan fingerprint density at radius 1 is 1.04 bits per heavy atom. The number of carbonyl (C=O) groups excluding carboxylic acids is 1. The largest absolute Gasteiger partial charge is 0.368 e. The summed E-state index contributed by atoms with van der Waals surface area (Å²) in [6.07, 6.45) is 3.16. The molecule has 3 heterocycles. The molecule has 1 saturated heterocycles. The quantitative estimate of drug-likeness (QED) is 0.684. The Morgan fingerprint density at radius 2 is 1.80 bits per heavy atom. The highest BCUT2D eigenvalue weighted by molar-refractivity contribution is 5.76. The van der Waals surface area contributed by atoms with Crippen LogP contribution in [-0.2, 0) is 11.3 Å². The van der Waals surface area contributed by atoms with Crippen LogP contribution in [0.15, 0.2) is 53.6 Å². The van der Waals surface area contributed by atoms with Gasteiger partial charge in [-0.3, -0.25) is 4.79 Å². The van der Waals surface area contributed by atoms with Crippen LogP contribution in [0.25, 0.3) is 5.78 Å². The van der Waals surface area contributed by atoms with Gasteiger partial charge in [0.2, 0.25) is 5.91 Å². The van der Waals surface area contributed by atoms with Gasteiger partial charge in [0.15, 0.2) is 0 Å². The molecule has 0 atom stereocenters. The minimum absolute atomic E-state index is 0.0620. The standard InChI is InChI=1S/C17H18N6O2/c24-15(13-23-17(25)22-8-4-7-18-16(22)19-23)21-11-9-20(10-12-21)14-5-2-1-3-6-14/h1-8H,9-13H2. The van der Waals surface area contributed by atoms with Crippen LogP contribution in [0.2, 0.25) is 0 Å². The predicted octanol–water partition coefficient (Wildman–Crippen LogP) is 0.240. The van der Waals surface area contributed by atoms with E-state index >= 15 is 0 Å². The van der Waals surface area contributed by atoms with Gasteiger partial charge in [0.25, 0.3) is 5.78 Å². The van der Waals surface area contributed by atoms with Crippen LogP contribution in [0.4, 0.5) is 5.69 Å². The summed E-state index contributed by atoms with van der Waals surface area (Å²) in [4.78, 5) is 32.8. The van der Waals surface area contributed by atoms with E-state index in [0.29, 0.717) is 18.9 Å². The van der Waals surface area contributed by atoms with Crippen LogP contribution in [-0.4, -0.2) is 56.2 Å². The average Bonchev–Trinajstić information content (AvgIpc) is 2.98. The molecule has 0 bridgehead atoms. The van der Waals surface area contributed by atoms with Gasteiger partial charge in [0, 0.05) is 44.3 Å². The van der Waals surface area contributed by atoms with Crippen molar-refractivity contribution in [3.05, 3.63) is 59.3 Å². The van der Waals surface area contributed by atoms with Crippen molar-refractivity contribution < 1.29 is 4.79 Å². The second kappa shape index (κ2) is 6.39. The highest BCUT2D eigenvalue weighted by Crippen LogP contribution is 2.15. The minimum atomic E-state index is -0.348. The number of anilines is 1. The Labute approximate surface area is 143 Å². The normalized spacial score (nSPS) is 14.9. The maximum Gasteiger partial charge on any atom is 0.352 e. The van der Waals surface area contributed by atoms with Crippen molar-refractivity contribution in [3.63, 3.8) is 0 Å². The maximum absolute atomic E-state index is 12.5. The predicted molar refractivity (Wildman–Crippen MR) is 92.5 cm³/mol. The molecule has 0 aliphatic carbocycles. The van der Waals surface area contributed by atoms with Crippen LogP contribution in [0.5, 0.6) is 0 Å². The van der Waals surface area contributed by atoms with Gasteiger partial charge in [-0.15, -0.1) is 5.10 Å². The Bertz CT molecular complexity index is 940. The highest BCUT2D eigenvalue weighted by Gasteiger charge is 2.22. The highest BCUT2D eigenvalue weighted by atomic mass is 16.2. The first-order valence-corrected chi connectivity index (χ1v) is 8.20. The minimum Gasteiger partial charge on any atom is -0.368 e. The molecule has 0 radical (unpaired) electrons. The molecule has 4 rings (SSSR count). The van der Waals surface area contributed by atoms with Gasteiger partial charge in [-0.25, -0.2) is 18.9 Å². The van der Waals surface area contributed by atoms with Gasteiger partial charge in [0.1, 0.15) is 6.54 Å². The lowest BCUT2D eigenvalue weighted by atomic mass is 10.2. The number of para-hydroxylation sites is 1. The summed E-state index contributed by atoms with van der Waals surface area (Å²) < 4.78 is 2.51. The van der Waals surface area contributed by atoms with Crippen LogP contribution in [0.1, 0.15) is 0 Å². The number of fused-ring (bicyclic) bond motifs is 1. The van der Waals surface area contributed by atoms with Gasteiger partial charge < -0.3 is 9.80 Å². The van der Waals surface area contributed by atoms with Crippen LogP contribution >= 0.6 is 0 Å². The van der Waals surface area contributed by atoms with E-state index in [1.54, 1.807) is 23.4 Å². The van der Waals surface area contributed by atoms with E-state index in [2.05, 4.69) is 27.1 Å². The van der Waals surface area contributed by atoms with Gasteiger partial charge in [-0.1, -0.05) is 18.2 Å². The van der Waals surface area contributed by atoms with E-state index in [9.17, 15) is 9.59 Å². The van der Waals surface area contributed by atoms with Crippen molar-refractivity contribution in [2.75, 3.05) is 31.1 Å². The number of hydrogen-bond donors (Lipinski definition) is 0. The number of benzene rings is 1. The second-order valence-electron chi connectivity index (χ2n) is 5.93. The van der Waals surface area contributed by atoms with Crippen molar-refractivity contribution >= 4 is 17.4 Å². The molecule has 128 valence electrons. The molecule has 25 heavy (non-hydrogen) atoms. The molecule has 8 heteroatoms. The number of nitrogens with zero attached hydrogens (tertiary/aromatic N) is 6. The Hall–Kier alpha value is -3.16. The second-order valence-corrected chi connectivity index (χ2v) is 5.93. The van der Waals surface area contributed by atoms with Crippen molar-refractivity contribution in [1.29, 1.82) is 0 Å². The molecule has 8 nitrogen and oxygen atoms in total. The lowest BCUT2D eigenvalue weighted by Gasteiger charge is -2.36. The van der Waals surface area contributed by atoms with Gasteiger partial charge in [-0.2, -0.15) is 0 Å². The number of amides is 1. The zero-order chi connectivity index (χ0) is 17.2. The molecule has 1 amide bonds. The van der Waals surface area contributed by atoms with Crippen molar-refractivity contribution in [2.45, 2.75) is 6.54 Å². The number of piperazine rings is 1. The van der Waals surface area contributed by atoms with Crippen LogP contribution < -0.4 is 10.6 Å². The van der Waals surface area contributed by atoms with Gasteiger partial charge >= 0.3 is 5.69 Å². The number of aromatic nitrogens is 4. The maximum atomic E-state index is 12.5. The zero-order valence-corrected chi connectivity index (χ0v) is 13.7. The first-order chi connectivity index (χ1) is 12.2. The summed E-state index contributed by atoms with van der Waals surface area (Å²) >= 11 is 0. The Balaban J connectivity index is 1.42. The molecular weight excluding hydrogens is 320 g/mol. The van der Waals surface area contributed by atoms with Crippen LogP contribution in [0, 0.1) is 0 Å². The van der Waals surface area contributed by atoms with Crippen molar-refractivity contribution in [1.82, 2.24) is 24.1 Å². The fourth-order valence-corrected chi connectivity index (χ4v) is 3.05. The molecule has 0 N–H and O–H groups in total. The molecule has 1 aliphatic rings. The smallest absolute Gasteiger partial charge is 0.352 e. The summed E-state index contributed by atoms with van der Waals surface area (Å²) in [6.45, 7) is 2.75. The summed E-state index contributed by atoms with van der Waals surface area (Å²) in [5, 5.41) is 4.11. The first-order valence-electron chi connectivity index (χ1n) is 8.20. The summed E-state index contributed by atoms with van der Waals surface area (Å²) in [5.74, 6) is 0.201. The van der Waals surface area contributed by atoms with Crippen molar-refractivity contribution in [3.8, 4) is 0 Å². The monoisotopic (exact) mass is 338 g/mol. The lowest BCUT2D eigenvalue weighted by Crippen LogP contribution is -2.50. The van der Waals surface area contributed by atoms with Crippen molar-refractivity contribution in [2.24, 2.45) is 0 Å². The van der Waals surface area contributed by atoms with E-state index in [4.69, 9.17) is 0 Å². The Morgan fingerprint density at radius 3 is 2.52 bits per heavy atom. The summed E-state index contributed by atoms with van der Waals surface area (Å²) in [7, 11) is 0. The topological polar surface area (TPSA) is 75.7 Å². The number of rotatable bonds is 3. The first kappa shape index (κ1) is 15.4. The van der Waals surface area contributed by atoms with E-state index in [1.165, 1.54) is 9.08 Å². The third kappa shape index (κ3) is 2.98. The molecule has 0 saturated carbocycles. The fourth-order valence-electron chi connectivity index (χ4n) is 3.05. The van der Waals surface area contributed by atoms with E-state index in [1.807, 2.05) is 18.2 Å². The average molecular weight is 338 g/mol. The lowest BCUT2D eigenvalue weighted by molar-refractivity contribution is -0.132. The molecule has 0 spiro atoms.